The van der Waals surface area contributed by atoms with Crippen LogP contribution in [-0.2, 0) is 0 Å². The van der Waals surface area contributed by atoms with Gasteiger partial charge >= 0.3 is 0 Å². The van der Waals surface area contributed by atoms with E-state index in [1.165, 1.54) is 0 Å². The molecule has 1 amide bonds. The zero-order valence-electron chi connectivity index (χ0n) is 10.9. The fraction of sp³-hybridized carbons (Fsp3) is 0.500. The molecule has 0 aromatic heterocycles. The molecule has 2 rings (SSSR count). The molecule has 0 atom stereocenters. The lowest BCUT2D eigenvalue weighted by Gasteiger charge is -2.38. The third-order valence-corrected chi connectivity index (χ3v) is 4.22. The van der Waals surface area contributed by atoms with E-state index < -0.39 is 0 Å². The van der Waals surface area contributed by atoms with Crippen molar-refractivity contribution in [1.29, 1.82) is 0 Å². The lowest BCUT2D eigenvalue weighted by molar-refractivity contribution is 0.0615. The van der Waals surface area contributed by atoms with Gasteiger partial charge in [-0.1, -0.05) is 22.9 Å². The Morgan fingerprint density at radius 1 is 1.50 bits per heavy atom. The number of halogens is 1. The van der Waals surface area contributed by atoms with Crippen molar-refractivity contribution in [2.45, 2.75) is 26.3 Å². The summed E-state index contributed by atoms with van der Waals surface area (Å²) in [6.07, 6.45) is 0.998. The summed E-state index contributed by atoms with van der Waals surface area (Å²) in [4.78, 5) is 14.5. The van der Waals surface area contributed by atoms with Gasteiger partial charge in [0, 0.05) is 29.7 Å². The maximum absolute atomic E-state index is 12.5. The molecular weight excluding hydrogens is 292 g/mol. The lowest BCUT2D eigenvalue weighted by Crippen LogP contribution is -2.59. The number of carbonyl (C=O) groups excluding carboxylic acids is 1. The number of nitrogens with zero attached hydrogens (tertiary/aromatic N) is 1. The predicted octanol–water partition coefficient (Wildman–Crippen LogP) is 2.58. The van der Waals surface area contributed by atoms with Gasteiger partial charge < -0.3 is 10.2 Å². The molecular formula is C14H19BrN2O. The fourth-order valence-electron chi connectivity index (χ4n) is 2.13. The molecule has 0 spiro atoms. The summed E-state index contributed by atoms with van der Waals surface area (Å²) in [7, 11) is 0. The quantitative estimate of drug-likeness (QED) is 0.927. The minimum absolute atomic E-state index is 0.152. The van der Waals surface area contributed by atoms with Crippen LogP contribution in [0.4, 0.5) is 0 Å². The molecule has 1 aliphatic heterocycles. The molecule has 0 unspecified atom stereocenters. The van der Waals surface area contributed by atoms with Crippen molar-refractivity contribution < 1.29 is 4.79 Å². The van der Waals surface area contributed by atoms with Crippen LogP contribution in [-0.4, -0.2) is 36.5 Å². The van der Waals surface area contributed by atoms with E-state index in [2.05, 4.69) is 28.2 Å². The van der Waals surface area contributed by atoms with Gasteiger partial charge in [0.2, 0.25) is 0 Å². The van der Waals surface area contributed by atoms with E-state index in [1.54, 1.807) is 0 Å². The van der Waals surface area contributed by atoms with Gasteiger partial charge in [0.25, 0.3) is 5.91 Å². The van der Waals surface area contributed by atoms with Gasteiger partial charge in [-0.3, -0.25) is 4.79 Å². The predicted molar refractivity (Wildman–Crippen MR) is 76.9 cm³/mol. The second-order valence-electron chi connectivity index (χ2n) is 4.77. The number of benzene rings is 1. The molecule has 3 nitrogen and oxygen atoms in total. The number of hydrogen-bond acceptors (Lipinski definition) is 2. The summed E-state index contributed by atoms with van der Waals surface area (Å²) >= 11 is 3.47. The van der Waals surface area contributed by atoms with E-state index in [4.69, 9.17) is 0 Å². The highest BCUT2D eigenvalue weighted by atomic mass is 79.9. The standard InChI is InChI=1S/C14H19BrN2O/c1-3-6-17(12-8-16-9-12)14(18)11-4-5-13(15)10(2)7-11/h4-5,7,12,16H,3,6,8-9H2,1-2H3. The Morgan fingerprint density at radius 2 is 2.22 bits per heavy atom. The van der Waals surface area contributed by atoms with Crippen LogP contribution in [0, 0.1) is 6.92 Å². The molecule has 98 valence electrons. The van der Waals surface area contributed by atoms with Crippen molar-refractivity contribution in [3.8, 4) is 0 Å². The minimum Gasteiger partial charge on any atom is -0.333 e. The van der Waals surface area contributed by atoms with E-state index in [1.807, 2.05) is 30.0 Å². The second kappa shape index (κ2) is 5.85. The third kappa shape index (κ3) is 2.75. The number of carbonyl (C=O) groups is 1. The van der Waals surface area contributed by atoms with Crippen LogP contribution in [0.15, 0.2) is 22.7 Å². The second-order valence-corrected chi connectivity index (χ2v) is 5.63. The first-order chi connectivity index (χ1) is 8.63. The zero-order chi connectivity index (χ0) is 13.1. The summed E-state index contributed by atoms with van der Waals surface area (Å²) in [6.45, 7) is 6.79. The van der Waals surface area contributed by atoms with Crippen molar-refractivity contribution in [3.05, 3.63) is 33.8 Å². The Hall–Kier alpha value is -0.870. The van der Waals surface area contributed by atoms with Gasteiger partial charge in [0.15, 0.2) is 0 Å². The summed E-state index contributed by atoms with van der Waals surface area (Å²) in [5, 5.41) is 3.23. The van der Waals surface area contributed by atoms with E-state index in [0.29, 0.717) is 6.04 Å². The summed E-state index contributed by atoms with van der Waals surface area (Å²) < 4.78 is 1.05. The Bertz CT molecular complexity index is 443. The SMILES string of the molecule is CCCN(C(=O)c1ccc(Br)c(C)c1)C1CNC1. The molecule has 1 saturated heterocycles. The molecule has 0 saturated carbocycles. The number of nitrogens with one attached hydrogen (secondary N) is 1. The van der Waals surface area contributed by atoms with E-state index in [-0.39, 0.29) is 5.91 Å². The van der Waals surface area contributed by atoms with Crippen LogP contribution < -0.4 is 5.32 Å². The molecule has 18 heavy (non-hydrogen) atoms. The highest BCUT2D eigenvalue weighted by molar-refractivity contribution is 9.10. The van der Waals surface area contributed by atoms with Crippen molar-refractivity contribution in [2.75, 3.05) is 19.6 Å². The van der Waals surface area contributed by atoms with Gasteiger partial charge in [-0.25, -0.2) is 0 Å². The van der Waals surface area contributed by atoms with Crippen molar-refractivity contribution >= 4 is 21.8 Å². The van der Waals surface area contributed by atoms with Gasteiger partial charge in [-0.2, -0.15) is 0 Å². The molecule has 1 N–H and O–H groups in total. The Balaban J connectivity index is 2.18. The third-order valence-electron chi connectivity index (χ3n) is 3.33. The Kier molecular flexibility index (Phi) is 4.40. The molecule has 0 bridgehead atoms. The number of hydrogen-bond donors (Lipinski definition) is 1. The molecule has 1 aliphatic rings. The summed E-state index contributed by atoms with van der Waals surface area (Å²) in [5.74, 6) is 0.152. The Labute approximate surface area is 117 Å². The number of rotatable bonds is 4. The van der Waals surface area contributed by atoms with Crippen LogP contribution in [0.25, 0.3) is 0 Å². The van der Waals surface area contributed by atoms with E-state index >= 15 is 0 Å². The largest absolute Gasteiger partial charge is 0.333 e. The average molecular weight is 311 g/mol. The summed E-state index contributed by atoms with van der Waals surface area (Å²) in [6, 6.07) is 6.17. The van der Waals surface area contributed by atoms with Crippen molar-refractivity contribution in [3.63, 3.8) is 0 Å². The first-order valence-electron chi connectivity index (χ1n) is 6.41. The van der Waals surface area contributed by atoms with Gasteiger partial charge in [0.1, 0.15) is 0 Å². The minimum atomic E-state index is 0.152. The van der Waals surface area contributed by atoms with Crippen LogP contribution >= 0.6 is 15.9 Å². The number of aryl methyl sites for hydroxylation is 1. The molecule has 4 heteroatoms. The highest BCUT2D eigenvalue weighted by Gasteiger charge is 2.28. The van der Waals surface area contributed by atoms with Gasteiger partial charge in [-0.05, 0) is 37.1 Å². The van der Waals surface area contributed by atoms with Crippen molar-refractivity contribution in [2.24, 2.45) is 0 Å². The molecule has 1 fully saturated rings. The molecule has 1 aromatic rings. The van der Waals surface area contributed by atoms with Gasteiger partial charge in [0.05, 0.1) is 6.04 Å². The molecule has 1 aromatic carbocycles. The van der Waals surface area contributed by atoms with Crippen molar-refractivity contribution in [1.82, 2.24) is 10.2 Å². The maximum atomic E-state index is 12.5. The average Bonchev–Trinajstić information content (AvgIpc) is 2.29. The first kappa shape index (κ1) is 13.6. The van der Waals surface area contributed by atoms with Gasteiger partial charge in [-0.15, -0.1) is 0 Å². The smallest absolute Gasteiger partial charge is 0.254 e. The lowest BCUT2D eigenvalue weighted by atomic mass is 10.1. The van der Waals surface area contributed by atoms with E-state index in [9.17, 15) is 4.79 Å². The summed E-state index contributed by atoms with van der Waals surface area (Å²) in [5.41, 5.74) is 1.89. The maximum Gasteiger partial charge on any atom is 0.254 e. The molecule has 0 aliphatic carbocycles. The number of amides is 1. The topological polar surface area (TPSA) is 32.3 Å². The highest BCUT2D eigenvalue weighted by Crippen LogP contribution is 2.19. The fourth-order valence-corrected chi connectivity index (χ4v) is 2.37. The van der Waals surface area contributed by atoms with Crippen LogP contribution in [0.5, 0.6) is 0 Å². The Morgan fingerprint density at radius 3 is 2.72 bits per heavy atom. The van der Waals surface area contributed by atoms with E-state index in [0.717, 1.165) is 41.7 Å². The van der Waals surface area contributed by atoms with Crippen LogP contribution in [0.2, 0.25) is 0 Å². The monoisotopic (exact) mass is 310 g/mol. The normalized spacial score (nSPS) is 15.3. The van der Waals surface area contributed by atoms with Crippen LogP contribution in [0.3, 0.4) is 0 Å². The zero-order valence-corrected chi connectivity index (χ0v) is 12.5. The molecule has 1 heterocycles. The molecule has 0 radical (unpaired) electrons. The van der Waals surface area contributed by atoms with Crippen LogP contribution in [0.1, 0.15) is 29.3 Å². The first-order valence-corrected chi connectivity index (χ1v) is 7.20.